The first-order chi connectivity index (χ1) is 17.8. The molecular formula is C29H23Cl2N3O3. The average Bonchev–Trinajstić information content (AvgIpc) is 3.32. The van der Waals surface area contributed by atoms with Crippen LogP contribution in [0.3, 0.4) is 0 Å². The summed E-state index contributed by atoms with van der Waals surface area (Å²) in [4.78, 5) is 29.2. The van der Waals surface area contributed by atoms with Crippen molar-refractivity contribution in [1.82, 2.24) is 9.99 Å². The first-order valence-corrected chi connectivity index (χ1v) is 12.6. The van der Waals surface area contributed by atoms with E-state index < -0.39 is 12.0 Å². The lowest BCUT2D eigenvalue weighted by Gasteiger charge is -2.22. The number of rotatable bonds is 6. The molecule has 1 aromatic heterocycles. The van der Waals surface area contributed by atoms with Gasteiger partial charge in [-0.1, -0.05) is 65.7 Å². The smallest absolute Gasteiger partial charge is 0.303 e. The van der Waals surface area contributed by atoms with Crippen LogP contribution in [0.2, 0.25) is 10.0 Å². The molecule has 3 aromatic carbocycles. The van der Waals surface area contributed by atoms with Gasteiger partial charge in [-0.25, -0.2) is 5.01 Å². The fraction of sp³-hybridized carbons (Fsp3) is 0.172. The topological polar surface area (TPSA) is 82.9 Å². The second kappa shape index (κ2) is 10.3. The van der Waals surface area contributed by atoms with Gasteiger partial charge >= 0.3 is 5.97 Å². The van der Waals surface area contributed by atoms with E-state index in [-0.39, 0.29) is 18.7 Å². The number of nitrogens with zero attached hydrogens (tertiary/aromatic N) is 3. The quantitative estimate of drug-likeness (QED) is 0.288. The van der Waals surface area contributed by atoms with E-state index in [0.29, 0.717) is 22.2 Å². The zero-order chi connectivity index (χ0) is 26.1. The van der Waals surface area contributed by atoms with Crippen molar-refractivity contribution in [2.45, 2.75) is 32.2 Å². The van der Waals surface area contributed by atoms with Crippen molar-refractivity contribution in [2.75, 3.05) is 0 Å². The van der Waals surface area contributed by atoms with Crippen LogP contribution in [0.1, 0.15) is 42.1 Å². The molecule has 0 aliphatic carbocycles. The molecule has 1 amide bonds. The second-order valence-electron chi connectivity index (χ2n) is 8.92. The second-order valence-corrected chi connectivity index (χ2v) is 9.79. The van der Waals surface area contributed by atoms with Crippen molar-refractivity contribution >= 4 is 51.7 Å². The first-order valence-electron chi connectivity index (χ1n) is 11.8. The molecule has 0 spiro atoms. The first kappa shape index (κ1) is 24.9. The maximum atomic E-state index is 13.2. The highest BCUT2D eigenvalue weighted by Gasteiger charge is 2.35. The molecule has 37 heavy (non-hydrogen) atoms. The molecule has 0 bridgehead atoms. The zero-order valence-electron chi connectivity index (χ0n) is 20.0. The predicted molar refractivity (Wildman–Crippen MR) is 146 cm³/mol. The highest BCUT2D eigenvalue weighted by molar-refractivity contribution is 6.31. The Morgan fingerprint density at radius 2 is 1.57 bits per heavy atom. The van der Waals surface area contributed by atoms with Crippen LogP contribution in [0, 0.1) is 6.92 Å². The normalized spacial score (nSPS) is 15.2. The molecule has 4 aromatic rings. The minimum Gasteiger partial charge on any atom is -0.481 e. The molecule has 0 unspecified atom stereocenters. The largest absolute Gasteiger partial charge is 0.481 e. The van der Waals surface area contributed by atoms with Crippen LogP contribution >= 0.6 is 23.2 Å². The molecule has 5 rings (SSSR count). The van der Waals surface area contributed by atoms with Crippen LogP contribution in [0.5, 0.6) is 0 Å². The third-order valence-corrected chi connectivity index (χ3v) is 6.97. The lowest BCUT2D eigenvalue weighted by Crippen LogP contribution is -2.27. The molecule has 1 aliphatic heterocycles. The number of carboxylic acid groups (broad SMARTS) is 1. The van der Waals surface area contributed by atoms with Gasteiger partial charge in [0.15, 0.2) is 0 Å². The van der Waals surface area contributed by atoms with E-state index in [1.807, 2.05) is 67.6 Å². The van der Waals surface area contributed by atoms with Crippen LogP contribution in [0.15, 0.2) is 77.9 Å². The Bertz CT molecular complexity index is 1530. The number of halogens is 2. The summed E-state index contributed by atoms with van der Waals surface area (Å²) in [5.41, 5.74) is 6.01. The number of carbonyl (C=O) groups excluding carboxylic acids is 1. The van der Waals surface area contributed by atoms with E-state index in [1.54, 1.807) is 12.1 Å². The molecule has 0 radical (unpaired) electrons. The molecule has 1 N–H and O–H groups in total. The van der Waals surface area contributed by atoms with E-state index in [2.05, 4.69) is 0 Å². The molecule has 8 heteroatoms. The van der Waals surface area contributed by atoms with Crippen LogP contribution in [0.25, 0.3) is 22.0 Å². The van der Waals surface area contributed by atoms with E-state index in [9.17, 15) is 9.59 Å². The predicted octanol–water partition coefficient (Wildman–Crippen LogP) is 7.06. The summed E-state index contributed by atoms with van der Waals surface area (Å²) in [6, 6.07) is 22.4. The van der Waals surface area contributed by atoms with Gasteiger partial charge in [-0.3, -0.25) is 14.6 Å². The van der Waals surface area contributed by atoms with Gasteiger partial charge in [-0.05, 0) is 48.4 Å². The number of amides is 1. The number of hydrogen-bond donors (Lipinski definition) is 1. The Morgan fingerprint density at radius 3 is 2.24 bits per heavy atom. The Kier molecular flexibility index (Phi) is 6.96. The number of carbonyl (C=O) groups is 2. The highest BCUT2D eigenvalue weighted by Crippen LogP contribution is 2.40. The maximum Gasteiger partial charge on any atom is 0.303 e. The van der Waals surface area contributed by atoms with Crippen molar-refractivity contribution in [3.8, 4) is 11.1 Å². The number of fused-ring (bicyclic) bond motifs is 1. The molecule has 0 fully saturated rings. The monoisotopic (exact) mass is 531 g/mol. The Labute approximate surface area is 224 Å². The van der Waals surface area contributed by atoms with Gasteiger partial charge in [0.2, 0.25) is 5.91 Å². The molecule has 186 valence electrons. The van der Waals surface area contributed by atoms with Crippen LogP contribution in [0.4, 0.5) is 0 Å². The van der Waals surface area contributed by atoms with Gasteiger partial charge in [-0.2, -0.15) is 5.10 Å². The van der Waals surface area contributed by atoms with Gasteiger partial charge in [0.25, 0.3) is 0 Å². The van der Waals surface area contributed by atoms with Crippen molar-refractivity contribution in [2.24, 2.45) is 5.10 Å². The molecular weight excluding hydrogens is 509 g/mol. The van der Waals surface area contributed by atoms with Gasteiger partial charge < -0.3 is 5.11 Å². The Balaban J connectivity index is 1.67. The summed E-state index contributed by atoms with van der Waals surface area (Å²) in [6.45, 7) is 1.94. The van der Waals surface area contributed by atoms with E-state index >= 15 is 0 Å². The lowest BCUT2D eigenvalue weighted by molar-refractivity contribution is -0.141. The standard InChI is InChI=1S/C29H23Cl2N3O3/c1-17-28(29(19-8-12-21(31)13-9-19)22-4-2-3-5-23(22)32-17)24-16-25(18-6-10-20(30)11-7-18)34(33-24)26(35)14-15-27(36)37/h2-13,25H,14-16H2,1H3,(H,36,37)/t25-/m1/s1. The molecule has 1 atom stereocenters. The number of pyridine rings is 1. The summed E-state index contributed by atoms with van der Waals surface area (Å²) in [5.74, 6) is -1.38. The minimum atomic E-state index is -1.03. The van der Waals surface area contributed by atoms with Gasteiger partial charge in [-0.15, -0.1) is 0 Å². The number of aliphatic carboxylic acids is 1. The van der Waals surface area contributed by atoms with E-state index in [4.69, 9.17) is 38.4 Å². The summed E-state index contributed by atoms with van der Waals surface area (Å²) in [7, 11) is 0. The number of hydrazone groups is 1. The number of hydrogen-bond acceptors (Lipinski definition) is 4. The third-order valence-electron chi connectivity index (χ3n) is 6.47. The van der Waals surface area contributed by atoms with Crippen LogP contribution < -0.4 is 0 Å². The van der Waals surface area contributed by atoms with Crippen molar-refractivity contribution in [3.63, 3.8) is 0 Å². The molecule has 0 saturated heterocycles. The van der Waals surface area contributed by atoms with Crippen molar-refractivity contribution in [1.29, 1.82) is 0 Å². The number of para-hydroxylation sites is 1. The van der Waals surface area contributed by atoms with Crippen LogP contribution in [-0.4, -0.2) is 32.7 Å². The number of benzene rings is 3. The zero-order valence-corrected chi connectivity index (χ0v) is 21.5. The van der Waals surface area contributed by atoms with Gasteiger partial charge in [0.1, 0.15) is 0 Å². The maximum absolute atomic E-state index is 13.2. The van der Waals surface area contributed by atoms with E-state index in [1.165, 1.54) is 5.01 Å². The molecule has 0 saturated carbocycles. The summed E-state index contributed by atoms with van der Waals surface area (Å²) < 4.78 is 0. The number of carboxylic acids is 1. The highest BCUT2D eigenvalue weighted by atomic mass is 35.5. The van der Waals surface area contributed by atoms with Crippen molar-refractivity contribution in [3.05, 3.63) is 99.7 Å². The summed E-state index contributed by atoms with van der Waals surface area (Å²) in [5, 5.41) is 17.5. The number of aryl methyl sites for hydroxylation is 1. The molecule has 6 nitrogen and oxygen atoms in total. The third kappa shape index (κ3) is 5.08. The fourth-order valence-corrected chi connectivity index (χ4v) is 5.02. The summed E-state index contributed by atoms with van der Waals surface area (Å²) in [6.07, 6.45) is 0.0389. The van der Waals surface area contributed by atoms with E-state index in [0.717, 1.165) is 38.9 Å². The van der Waals surface area contributed by atoms with Gasteiger partial charge in [0, 0.05) is 45.1 Å². The fourth-order valence-electron chi connectivity index (χ4n) is 4.77. The number of aromatic nitrogens is 1. The minimum absolute atomic E-state index is 0.144. The lowest BCUT2D eigenvalue weighted by atomic mass is 9.89. The molecule has 1 aliphatic rings. The Morgan fingerprint density at radius 1 is 0.919 bits per heavy atom. The average molecular weight is 532 g/mol. The molecule has 2 heterocycles. The van der Waals surface area contributed by atoms with Crippen molar-refractivity contribution < 1.29 is 14.7 Å². The van der Waals surface area contributed by atoms with Crippen LogP contribution in [-0.2, 0) is 9.59 Å². The summed E-state index contributed by atoms with van der Waals surface area (Å²) >= 11 is 12.3. The SMILES string of the molecule is Cc1nc2ccccc2c(-c2ccc(Cl)cc2)c1C1=NN(C(=O)CCC(=O)O)[C@@H](c2ccc(Cl)cc2)C1. The van der Waals surface area contributed by atoms with Gasteiger partial charge in [0.05, 0.1) is 23.7 Å². The Hall–Kier alpha value is -3.74.